The number of benzene rings is 2. The number of halogens is 2. The van der Waals surface area contributed by atoms with E-state index in [0.29, 0.717) is 23.1 Å². The maximum atomic E-state index is 12.8. The van der Waals surface area contributed by atoms with Gasteiger partial charge in [0.25, 0.3) is 0 Å². The average Bonchev–Trinajstić information content (AvgIpc) is 2.66. The fourth-order valence-corrected chi connectivity index (χ4v) is 3.99. The predicted molar refractivity (Wildman–Crippen MR) is 116 cm³/mol. The average molecular weight is 470 g/mol. The highest BCUT2D eigenvalue weighted by Gasteiger charge is 2.25. The van der Waals surface area contributed by atoms with Gasteiger partial charge in [-0.25, -0.2) is 0 Å². The van der Waals surface area contributed by atoms with Gasteiger partial charge in [0.1, 0.15) is 6.04 Å². The van der Waals surface area contributed by atoms with Gasteiger partial charge < -0.3 is 10.2 Å². The minimum absolute atomic E-state index is 0.0648. The molecule has 2 rings (SSSR count). The van der Waals surface area contributed by atoms with E-state index in [-0.39, 0.29) is 11.8 Å². The van der Waals surface area contributed by atoms with E-state index in [0.717, 1.165) is 15.6 Å². The first-order chi connectivity index (χ1) is 12.9. The second-order valence-electron chi connectivity index (χ2n) is 6.06. The van der Waals surface area contributed by atoms with Crippen LogP contribution in [0.15, 0.2) is 53.0 Å². The highest BCUT2D eigenvalue weighted by atomic mass is 79.9. The molecule has 1 N–H and O–H groups in total. The lowest BCUT2D eigenvalue weighted by molar-refractivity contribution is -0.138. The summed E-state index contributed by atoms with van der Waals surface area (Å²) in [5, 5.41) is 3.32. The van der Waals surface area contributed by atoms with Gasteiger partial charge in [-0.3, -0.25) is 9.59 Å². The molecule has 0 saturated heterocycles. The molecule has 0 heterocycles. The van der Waals surface area contributed by atoms with E-state index >= 15 is 0 Å². The van der Waals surface area contributed by atoms with Crippen molar-refractivity contribution in [3.8, 4) is 0 Å². The molecule has 2 aromatic rings. The Morgan fingerprint density at radius 2 is 1.89 bits per heavy atom. The molecule has 27 heavy (non-hydrogen) atoms. The largest absolute Gasteiger partial charge is 0.357 e. The van der Waals surface area contributed by atoms with Gasteiger partial charge in [0.05, 0.1) is 5.75 Å². The van der Waals surface area contributed by atoms with E-state index in [9.17, 15) is 9.59 Å². The molecule has 0 fully saturated rings. The van der Waals surface area contributed by atoms with Crippen LogP contribution < -0.4 is 5.32 Å². The van der Waals surface area contributed by atoms with Gasteiger partial charge in [0.15, 0.2) is 0 Å². The maximum absolute atomic E-state index is 12.8. The molecule has 0 aliphatic rings. The minimum atomic E-state index is -0.544. The Hall–Kier alpha value is -1.50. The van der Waals surface area contributed by atoms with E-state index in [2.05, 4.69) is 21.2 Å². The number of carbonyl (C=O) groups excluding carboxylic acids is 2. The van der Waals surface area contributed by atoms with Crippen LogP contribution in [0, 0.1) is 0 Å². The van der Waals surface area contributed by atoms with Crippen LogP contribution in [0.2, 0.25) is 5.02 Å². The van der Waals surface area contributed by atoms with Crippen LogP contribution in [-0.2, 0) is 21.9 Å². The van der Waals surface area contributed by atoms with E-state index < -0.39 is 6.04 Å². The number of nitrogens with one attached hydrogen (secondary N) is 1. The lowest BCUT2D eigenvalue weighted by Gasteiger charge is -2.28. The third kappa shape index (κ3) is 6.87. The molecule has 0 aliphatic carbocycles. The van der Waals surface area contributed by atoms with Gasteiger partial charge in [-0.15, -0.1) is 11.8 Å². The monoisotopic (exact) mass is 468 g/mol. The number of rotatable bonds is 8. The van der Waals surface area contributed by atoms with Crippen LogP contribution >= 0.6 is 39.3 Å². The van der Waals surface area contributed by atoms with Crippen molar-refractivity contribution in [2.45, 2.75) is 25.3 Å². The molecule has 0 aliphatic heterocycles. The summed E-state index contributed by atoms with van der Waals surface area (Å²) in [5.41, 5.74) is 2.08. The Kier molecular flexibility index (Phi) is 8.67. The second-order valence-corrected chi connectivity index (χ2v) is 8.40. The van der Waals surface area contributed by atoms with Crippen molar-refractivity contribution in [1.82, 2.24) is 10.2 Å². The molecule has 0 bridgehead atoms. The van der Waals surface area contributed by atoms with Crippen LogP contribution in [0.25, 0.3) is 0 Å². The topological polar surface area (TPSA) is 49.4 Å². The van der Waals surface area contributed by atoms with E-state index in [1.54, 1.807) is 18.9 Å². The first-order valence-corrected chi connectivity index (χ1v) is 10.8. The molecule has 1 unspecified atom stereocenters. The number of hydrogen-bond acceptors (Lipinski definition) is 3. The summed E-state index contributed by atoms with van der Waals surface area (Å²) >= 11 is 10.9. The Morgan fingerprint density at radius 1 is 1.19 bits per heavy atom. The Morgan fingerprint density at radius 3 is 2.52 bits per heavy atom. The fourth-order valence-electron chi connectivity index (χ4n) is 2.54. The van der Waals surface area contributed by atoms with Crippen LogP contribution in [0.1, 0.15) is 18.1 Å². The molecule has 1 atom stereocenters. The van der Waals surface area contributed by atoms with Crippen molar-refractivity contribution in [2.75, 3.05) is 12.8 Å². The summed E-state index contributed by atoms with van der Waals surface area (Å²) in [5.74, 6) is 0.769. The van der Waals surface area contributed by atoms with Crippen molar-refractivity contribution < 1.29 is 9.59 Å². The van der Waals surface area contributed by atoms with Crippen molar-refractivity contribution in [3.63, 3.8) is 0 Å². The SMILES string of the molecule is CNC(=O)C(C)N(Cc1cccc(Br)c1)C(=O)CSCc1ccc(Cl)cc1. The van der Waals surface area contributed by atoms with Crippen molar-refractivity contribution >= 4 is 51.1 Å². The summed E-state index contributed by atoms with van der Waals surface area (Å²) in [7, 11) is 1.58. The number of carbonyl (C=O) groups is 2. The zero-order valence-corrected chi connectivity index (χ0v) is 18.4. The molecule has 2 aromatic carbocycles. The number of nitrogens with zero attached hydrogens (tertiary/aromatic N) is 1. The smallest absolute Gasteiger partial charge is 0.242 e. The predicted octanol–water partition coefficient (Wildman–Crippen LogP) is 4.50. The molecule has 144 valence electrons. The minimum Gasteiger partial charge on any atom is -0.357 e. The third-order valence-corrected chi connectivity index (χ3v) is 5.80. The number of amides is 2. The van der Waals surface area contributed by atoms with E-state index in [4.69, 9.17) is 11.6 Å². The maximum Gasteiger partial charge on any atom is 0.242 e. The first kappa shape index (κ1) is 21.8. The molecule has 7 heteroatoms. The van der Waals surface area contributed by atoms with E-state index in [1.807, 2.05) is 48.5 Å². The summed E-state index contributed by atoms with van der Waals surface area (Å²) in [6.07, 6.45) is 0. The molecular weight excluding hydrogens is 448 g/mol. The fraction of sp³-hybridized carbons (Fsp3) is 0.300. The molecule has 4 nitrogen and oxygen atoms in total. The highest BCUT2D eigenvalue weighted by Crippen LogP contribution is 2.19. The third-order valence-electron chi connectivity index (χ3n) is 4.06. The molecule has 0 aromatic heterocycles. The summed E-state index contributed by atoms with van der Waals surface area (Å²) in [6.45, 7) is 2.13. The van der Waals surface area contributed by atoms with Gasteiger partial charge in [-0.1, -0.05) is 51.8 Å². The Balaban J connectivity index is 2.03. The lowest BCUT2D eigenvalue weighted by atomic mass is 10.1. The molecule has 0 spiro atoms. The van der Waals surface area contributed by atoms with Crippen LogP contribution in [-0.4, -0.2) is 35.6 Å². The highest BCUT2D eigenvalue weighted by molar-refractivity contribution is 9.10. The first-order valence-electron chi connectivity index (χ1n) is 8.48. The lowest BCUT2D eigenvalue weighted by Crippen LogP contribution is -2.47. The second kappa shape index (κ2) is 10.7. The molecule has 0 radical (unpaired) electrons. The molecule has 0 saturated carbocycles. The normalized spacial score (nSPS) is 11.7. The number of likely N-dealkylation sites (N-methyl/N-ethyl adjacent to an activating group) is 1. The van der Waals surface area contributed by atoms with Crippen molar-refractivity contribution in [3.05, 3.63) is 69.2 Å². The van der Waals surface area contributed by atoms with Gasteiger partial charge in [-0.2, -0.15) is 0 Å². The van der Waals surface area contributed by atoms with Crippen molar-refractivity contribution in [2.24, 2.45) is 0 Å². The molecule has 2 amide bonds. The summed E-state index contributed by atoms with van der Waals surface area (Å²) in [4.78, 5) is 26.6. The van der Waals surface area contributed by atoms with Crippen LogP contribution in [0.4, 0.5) is 0 Å². The number of hydrogen-bond donors (Lipinski definition) is 1. The Labute approximate surface area is 177 Å². The quantitative estimate of drug-likeness (QED) is 0.619. The zero-order valence-electron chi connectivity index (χ0n) is 15.2. The summed E-state index contributed by atoms with van der Waals surface area (Å²) < 4.78 is 0.942. The van der Waals surface area contributed by atoms with Gasteiger partial charge in [-0.05, 0) is 42.3 Å². The zero-order chi connectivity index (χ0) is 19.8. The van der Waals surface area contributed by atoms with Gasteiger partial charge >= 0.3 is 0 Å². The molecular formula is C20H22BrClN2O2S. The Bertz CT molecular complexity index is 786. The van der Waals surface area contributed by atoms with Crippen LogP contribution in [0.3, 0.4) is 0 Å². The van der Waals surface area contributed by atoms with E-state index in [1.165, 1.54) is 11.8 Å². The van der Waals surface area contributed by atoms with Crippen molar-refractivity contribution in [1.29, 1.82) is 0 Å². The summed E-state index contributed by atoms with van der Waals surface area (Å²) in [6, 6.07) is 14.8. The van der Waals surface area contributed by atoms with Gasteiger partial charge in [0.2, 0.25) is 11.8 Å². The number of thioether (sulfide) groups is 1. The van der Waals surface area contributed by atoms with Gasteiger partial charge in [0, 0.05) is 28.8 Å². The van der Waals surface area contributed by atoms with Crippen LogP contribution in [0.5, 0.6) is 0 Å². The standard InChI is InChI=1S/C20H22BrClN2O2S/c1-14(20(26)23-2)24(11-16-4-3-5-17(21)10-16)19(25)13-27-12-15-6-8-18(22)9-7-15/h3-10,14H,11-13H2,1-2H3,(H,23,26).